The number of nitrogens with zero attached hydrogens (tertiary/aromatic N) is 1. The van der Waals surface area contributed by atoms with Gasteiger partial charge in [0.1, 0.15) is 0 Å². The number of rotatable bonds is 34. The Kier molecular flexibility index (Phi) is 33.6. The van der Waals surface area contributed by atoms with Crippen molar-refractivity contribution in [1.82, 2.24) is 4.90 Å². The van der Waals surface area contributed by atoms with Gasteiger partial charge in [0.2, 0.25) is 0 Å². The average Bonchev–Trinajstić information content (AvgIpc) is 2.96. The first kappa shape index (κ1) is 40.1. The molecule has 0 spiro atoms. The highest BCUT2D eigenvalue weighted by molar-refractivity contribution is 6.36. The lowest BCUT2D eigenvalue weighted by Crippen LogP contribution is -2.29. The topological polar surface area (TPSA) is 30.9 Å². The summed E-state index contributed by atoms with van der Waals surface area (Å²) in [5, 5.41) is 0. The van der Waals surface area contributed by atoms with Crippen LogP contribution in [0.15, 0.2) is 0 Å². The molecule has 0 aliphatic heterocycles. The first-order chi connectivity index (χ1) is 19.7. The molecule has 0 aliphatic carbocycles. The van der Waals surface area contributed by atoms with Crippen molar-refractivity contribution in [3.63, 3.8) is 0 Å². The molecule has 1 unspecified atom stereocenters. The van der Waals surface area contributed by atoms with Crippen molar-refractivity contribution >= 4 is 9.53 Å². The molecule has 1 atom stereocenters. The van der Waals surface area contributed by atoms with E-state index in [-0.39, 0.29) is 0 Å². The van der Waals surface area contributed by atoms with E-state index < -0.39 is 9.53 Å². The highest BCUT2D eigenvalue weighted by atomic mass is 28.3. The molecule has 4 nitrogen and oxygen atoms in total. The Balaban J connectivity index is 4.60. The van der Waals surface area contributed by atoms with E-state index >= 15 is 0 Å². The standard InChI is InChI=1S/C35H75NO3Si/c1-6-11-16-18-20-23-32-37-40(38-33-24-21-19-17-12-7-2)39-34-28-35(26-22-13-8-3)27-25-31-36(29-14-9-4)30-15-10-5/h35,40H,6-34H2,1-5H3. The second kappa shape index (κ2) is 33.6. The molecular formula is C35H75NO3Si. The summed E-state index contributed by atoms with van der Waals surface area (Å²) in [6.45, 7) is 17.8. The molecule has 0 saturated heterocycles. The Bertz CT molecular complexity index is 442. The molecule has 0 aromatic rings. The van der Waals surface area contributed by atoms with Gasteiger partial charge in [0.15, 0.2) is 0 Å². The van der Waals surface area contributed by atoms with Crippen molar-refractivity contribution in [3.05, 3.63) is 0 Å². The van der Waals surface area contributed by atoms with Gasteiger partial charge in [-0.1, -0.05) is 137 Å². The zero-order valence-electron chi connectivity index (χ0n) is 28.3. The quantitative estimate of drug-likeness (QED) is 0.0555. The third kappa shape index (κ3) is 28.2. The second-order valence-corrected chi connectivity index (χ2v) is 13.9. The van der Waals surface area contributed by atoms with E-state index in [1.54, 1.807) is 0 Å². The zero-order chi connectivity index (χ0) is 29.4. The second-order valence-electron chi connectivity index (χ2n) is 12.3. The molecular weight excluding hydrogens is 510 g/mol. The van der Waals surface area contributed by atoms with E-state index in [1.807, 2.05) is 0 Å². The van der Waals surface area contributed by atoms with Gasteiger partial charge >= 0.3 is 9.53 Å². The zero-order valence-corrected chi connectivity index (χ0v) is 29.5. The summed E-state index contributed by atoms with van der Waals surface area (Å²) in [6.07, 6.45) is 30.0. The summed E-state index contributed by atoms with van der Waals surface area (Å²) >= 11 is 0. The largest absolute Gasteiger partial charge is 0.484 e. The van der Waals surface area contributed by atoms with Crippen LogP contribution in [0.3, 0.4) is 0 Å². The van der Waals surface area contributed by atoms with Gasteiger partial charge in [-0.2, -0.15) is 0 Å². The highest BCUT2D eigenvalue weighted by Crippen LogP contribution is 2.21. The van der Waals surface area contributed by atoms with Crippen molar-refractivity contribution in [2.75, 3.05) is 39.5 Å². The fourth-order valence-electron chi connectivity index (χ4n) is 5.42. The lowest BCUT2D eigenvalue weighted by molar-refractivity contribution is 0.0840. The van der Waals surface area contributed by atoms with Crippen LogP contribution < -0.4 is 0 Å². The maximum Gasteiger partial charge on any atom is 0.484 e. The Morgan fingerprint density at radius 3 is 1.32 bits per heavy atom. The van der Waals surface area contributed by atoms with Crippen LogP contribution in [0.5, 0.6) is 0 Å². The van der Waals surface area contributed by atoms with E-state index in [0.717, 1.165) is 45.0 Å². The third-order valence-corrected chi connectivity index (χ3v) is 9.77. The van der Waals surface area contributed by atoms with Crippen LogP contribution >= 0.6 is 0 Å². The fourth-order valence-corrected chi connectivity index (χ4v) is 6.75. The van der Waals surface area contributed by atoms with E-state index in [4.69, 9.17) is 13.3 Å². The first-order valence-electron chi connectivity index (χ1n) is 18.3. The molecule has 0 aromatic carbocycles. The molecule has 0 heterocycles. The van der Waals surface area contributed by atoms with Crippen molar-refractivity contribution in [2.45, 2.75) is 182 Å². The molecule has 0 bridgehead atoms. The summed E-state index contributed by atoms with van der Waals surface area (Å²) < 4.78 is 18.9. The van der Waals surface area contributed by atoms with Gasteiger partial charge in [-0.15, -0.1) is 0 Å². The van der Waals surface area contributed by atoms with E-state index in [0.29, 0.717) is 0 Å². The number of hydrogen-bond donors (Lipinski definition) is 0. The fraction of sp³-hybridized carbons (Fsp3) is 1.00. The van der Waals surface area contributed by atoms with Crippen molar-refractivity contribution in [3.8, 4) is 0 Å². The van der Waals surface area contributed by atoms with E-state index in [2.05, 4.69) is 39.5 Å². The van der Waals surface area contributed by atoms with E-state index in [9.17, 15) is 0 Å². The lowest BCUT2D eigenvalue weighted by atomic mass is 9.93. The van der Waals surface area contributed by atoms with Gasteiger partial charge in [-0.25, -0.2) is 0 Å². The Morgan fingerprint density at radius 1 is 0.400 bits per heavy atom. The predicted molar refractivity (Wildman–Crippen MR) is 179 cm³/mol. The Hall–Kier alpha value is 0.0569. The molecule has 0 saturated carbocycles. The van der Waals surface area contributed by atoms with Crippen molar-refractivity contribution in [1.29, 1.82) is 0 Å². The normalized spacial score (nSPS) is 12.7. The molecule has 5 heteroatoms. The molecule has 0 aliphatic rings. The highest BCUT2D eigenvalue weighted by Gasteiger charge is 2.17. The van der Waals surface area contributed by atoms with Crippen LogP contribution in [-0.4, -0.2) is 53.9 Å². The molecule has 0 N–H and O–H groups in total. The molecule has 40 heavy (non-hydrogen) atoms. The smallest absolute Gasteiger partial charge is 0.376 e. The van der Waals surface area contributed by atoms with Gasteiger partial charge in [0.25, 0.3) is 0 Å². The molecule has 0 rings (SSSR count). The first-order valence-corrected chi connectivity index (χ1v) is 19.7. The average molecular weight is 586 g/mol. The maximum atomic E-state index is 6.39. The minimum absolute atomic E-state index is 0.775. The van der Waals surface area contributed by atoms with Gasteiger partial charge in [0.05, 0.1) is 0 Å². The minimum Gasteiger partial charge on any atom is -0.376 e. The summed E-state index contributed by atoms with van der Waals surface area (Å²) in [5.74, 6) is 0.775. The number of unbranched alkanes of at least 4 members (excludes halogenated alkanes) is 14. The summed E-state index contributed by atoms with van der Waals surface area (Å²) in [5.41, 5.74) is 0. The van der Waals surface area contributed by atoms with Crippen molar-refractivity contribution < 1.29 is 13.3 Å². The number of hydrogen-bond acceptors (Lipinski definition) is 4. The lowest BCUT2D eigenvalue weighted by Gasteiger charge is -2.24. The maximum absolute atomic E-state index is 6.39. The summed E-state index contributed by atoms with van der Waals surface area (Å²) in [4.78, 5) is 2.72. The van der Waals surface area contributed by atoms with Gasteiger partial charge in [-0.3, -0.25) is 0 Å². The van der Waals surface area contributed by atoms with Crippen LogP contribution in [0.1, 0.15) is 182 Å². The molecule has 0 fully saturated rings. The van der Waals surface area contributed by atoms with Crippen LogP contribution in [0.2, 0.25) is 0 Å². The third-order valence-electron chi connectivity index (χ3n) is 8.24. The van der Waals surface area contributed by atoms with Gasteiger partial charge < -0.3 is 18.2 Å². The van der Waals surface area contributed by atoms with E-state index in [1.165, 1.54) is 148 Å². The van der Waals surface area contributed by atoms with Crippen molar-refractivity contribution in [2.24, 2.45) is 5.92 Å². The molecule has 0 amide bonds. The summed E-state index contributed by atoms with van der Waals surface area (Å²) in [7, 11) is -2.03. The Morgan fingerprint density at radius 2 is 0.800 bits per heavy atom. The monoisotopic (exact) mass is 586 g/mol. The van der Waals surface area contributed by atoms with Crippen LogP contribution in [-0.2, 0) is 13.3 Å². The predicted octanol–water partition coefficient (Wildman–Crippen LogP) is 10.7. The molecule has 0 radical (unpaired) electrons. The van der Waals surface area contributed by atoms with Crippen LogP contribution in [0, 0.1) is 5.92 Å². The van der Waals surface area contributed by atoms with Gasteiger partial charge in [0, 0.05) is 19.8 Å². The molecule has 0 aromatic heterocycles. The van der Waals surface area contributed by atoms with Gasteiger partial charge in [-0.05, 0) is 70.5 Å². The Labute approximate surface area is 255 Å². The van der Waals surface area contributed by atoms with Crippen LogP contribution in [0.4, 0.5) is 0 Å². The molecule has 242 valence electrons. The summed E-state index contributed by atoms with van der Waals surface area (Å²) in [6, 6.07) is 0. The SMILES string of the molecule is CCCCCCCCO[SiH](OCCCCCCCC)OCCC(CCCCC)CCCN(CCCC)CCCC. The minimum atomic E-state index is -2.03. The van der Waals surface area contributed by atoms with Crippen LogP contribution in [0.25, 0.3) is 0 Å².